The van der Waals surface area contributed by atoms with Crippen LogP contribution in [0.3, 0.4) is 0 Å². The second-order valence-electron chi connectivity index (χ2n) is 19.3. The lowest BCUT2D eigenvalue weighted by Crippen LogP contribution is -2.51. The molecule has 2 aromatic carbocycles. The Hall–Kier alpha value is -5.25. The second-order valence-corrected chi connectivity index (χ2v) is 33.6. The minimum atomic E-state index is -6.47. The van der Waals surface area contributed by atoms with Crippen LogP contribution in [0.25, 0.3) is 0 Å². The molecule has 0 aliphatic carbocycles. The molecule has 0 bridgehead atoms. The monoisotopic (exact) mass is 1120 g/mol. The van der Waals surface area contributed by atoms with E-state index in [2.05, 4.69) is 47.6 Å². The van der Waals surface area contributed by atoms with E-state index in [-0.39, 0.29) is 47.2 Å². The van der Waals surface area contributed by atoms with E-state index in [1.54, 1.807) is 0 Å². The molecule has 4 heterocycles. The molecule has 73 heavy (non-hydrogen) atoms. The van der Waals surface area contributed by atoms with Gasteiger partial charge in [0.2, 0.25) is 0 Å². The zero-order chi connectivity index (χ0) is 54.2. The highest BCUT2D eigenvalue weighted by Gasteiger charge is 2.57. The average Bonchev–Trinajstić information content (AvgIpc) is 3.78. The molecular weight excluding hydrogens is 1060 g/mol. The van der Waals surface area contributed by atoms with Gasteiger partial charge in [0.05, 0.1) is 49.1 Å². The summed E-state index contributed by atoms with van der Waals surface area (Å²) in [6, 6.07) is 5.49. The number of halogens is 6. The number of benzene rings is 2. The summed E-state index contributed by atoms with van der Waals surface area (Å²) in [4.78, 5) is 61.0. The van der Waals surface area contributed by atoms with Gasteiger partial charge in [-0.1, -0.05) is 39.3 Å². The van der Waals surface area contributed by atoms with Gasteiger partial charge in [-0.15, -0.1) is 0 Å². The van der Waals surface area contributed by atoms with Gasteiger partial charge in [0, 0.05) is 42.6 Å². The van der Waals surface area contributed by atoms with Crippen LogP contribution < -0.4 is 19.3 Å². The van der Waals surface area contributed by atoms with Gasteiger partial charge in [-0.3, -0.25) is 38.8 Å². The molecule has 20 nitrogen and oxygen atoms in total. The van der Waals surface area contributed by atoms with Gasteiger partial charge in [0.15, 0.2) is 11.5 Å². The molecule has 0 N–H and O–H groups in total. The Morgan fingerprint density at radius 1 is 0.562 bits per heavy atom. The summed E-state index contributed by atoms with van der Waals surface area (Å²) in [5, 5.41) is 0. The van der Waals surface area contributed by atoms with Crippen LogP contribution >= 0.6 is 0 Å². The molecule has 2 aromatic rings. The lowest BCUT2D eigenvalue weighted by Gasteiger charge is -2.30. The number of alkyl halides is 6. The topological polar surface area (TPSA) is 223 Å². The van der Waals surface area contributed by atoms with E-state index >= 15 is 0 Å². The van der Waals surface area contributed by atoms with Crippen molar-refractivity contribution in [2.45, 2.75) is 93.1 Å². The third-order valence-electron chi connectivity index (χ3n) is 11.5. The molecule has 4 aliphatic heterocycles. The Morgan fingerprint density at radius 2 is 0.918 bits per heavy atom. The molecule has 0 aromatic heterocycles. The number of amides is 4. The molecule has 0 saturated heterocycles. The van der Waals surface area contributed by atoms with Crippen LogP contribution in [0.5, 0.6) is 11.5 Å². The van der Waals surface area contributed by atoms with Gasteiger partial charge in [-0.2, -0.15) is 43.2 Å². The zero-order valence-electron chi connectivity index (χ0n) is 40.7. The van der Waals surface area contributed by atoms with Gasteiger partial charge in [-0.25, -0.2) is 0 Å². The Labute approximate surface area is 418 Å². The van der Waals surface area contributed by atoms with E-state index in [9.17, 15) is 62.4 Å². The normalized spacial score (nSPS) is 20.7. The van der Waals surface area contributed by atoms with Gasteiger partial charge in [0.25, 0.3) is 23.6 Å². The molecule has 4 aliphatic rings. The molecule has 404 valence electrons. The molecular formula is C43H54F6N4O16S2Si2. The minimum absolute atomic E-state index is 0.00108. The number of hydrogen-bond acceptors (Lipinski definition) is 16. The zero-order valence-corrected chi connectivity index (χ0v) is 44.3. The number of methoxy groups -OCH3 is 2. The van der Waals surface area contributed by atoms with Crippen molar-refractivity contribution in [3.8, 4) is 11.5 Å². The summed E-state index contributed by atoms with van der Waals surface area (Å²) >= 11 is 0. The van der Waals surface area contributed by atoms with Crippen molar-refractivity contribution >= 4 is 71.4 Å². The van der Waals surface area contributed by atoms with Crippen molar-refractivity contribution in [3.05, 3.63) is 71.4 Å². The third-order valence-corrected chi connectivity index (χ3v) is 16.9. The molecule has 0 fully saturated rings. The number of hydrogen-bond donors (Lipinski definition) is 0. The summed E-state index contributed by atoms with van der Waals surface area (Å²) in [5.74, 6) is -6.10. The first-order chi connectivity index (χ1) is 33.8. The summed E-state index contributed by atoms with van der Waals surface area (Å²) < 4.78 is 175. The highest BCUT2D eigenvalue weighted by atomic mass is 32.2. The van der Waals surface area contributed by atoms with Gasteiger partial charge >= 0.3 is 31.3 Å². The minimum Gasteiger partial charge on any atom is -0.497 e. The van der Waals surface area contributed by atoms with E-state index in [1.165, 1.54) is 50.6 Å². The van der Waals surface area contributed by atoms with Crippen molar-refractivity contribution in [1.29, 1.82) is 0 Å². The third kappa shape index (κ3) is 12.6. The van der Waals surface area contributed by atoms with Gasteiger partial charge in [-0.05, 0) is 54.9 Å². The van der Waals surface area contributed by atoms with E-state index in [0.717, 1.165) is 9.80 Å². The molecule has 6 rings (SSSR count). The first-order valence-electron chi connectivity index (χ1n) is 22.3. The van der Waals surface area contributed by atoms with E-state index in [0.29, 0.717) is 34.3 Å². The number of carbonyl (C=O) groups excluding carboxylic acids is 4. The number of nitrogens with zero attached hydrogens (tertiary/aromatic N) is 4. The fourth-order valence-corrected chi connectivity index (χ4v) is 10.1. The van der Waals surface area contributed by atoms with Crippen LogP contribution in [0.1, 0.15) is 27.1 Å². The summed E-state index contributed by atoms with van der Waals surface area (Å²) in [6.45, 7) is 10.3. The van der Waals surface area contributed by atoms with Crippen LogP contribution in [0.4, 0.5) is 37.7 Å². The van der Waals surface area contributed by atoms with Crippen LogP contribution in [0.15, 0.2) is 60.3 Å². The molecule has 2 unspecified atom stereocenters. The SMILES string of the molecule is COc1ccc2c(c1)C(=O)N1C=C(OS(=O)(=O)C(F)(F)F)C(OCCCOC3C(OS(=O)(=O)C(F)(F)F)=CN4C(=O)c5cc(OC)ccc5N(COCC[Si](C)(C)C)C(=O)[C@H]34)[C@H]1C(=O)N2COCC[Si](C)(C)C. The molecule has 4 atom stereocenters. The highest BCUT2D eigenvalue weighted by Crippen LogP contribution is 2.42. The van der Waals surface area contributed by atoms with E-state index in [4.69, 9.17) is 28.4 Å². The van der Waals surface area contributed by atoms with Gasteiger partial charge in [0.1, 0.15) is 49.3 Å². The molecule has 4 amide bonds. The quantitative estimate of drug-likeness (QED) is 0.0437. The summed E-state index contributed by atoms with van der Waals surface area (Å²) in [5.41, 5.74) is -12.4. The standard InChI is InChI=1S/C43H54F6N4O16S2Si2/c1-62-26-10-12-30-28(20-26)38(54)50-22-32(68-70(58,59)42(44,45)46)36(34(50)40(56)52(30)24-64-16-18-72(3,4)5)66-14-9-15-67-37-33(69-71(60,61)43(47,48)49)23-51-35(37)41(57)53(25-65-17-19-73(6,7)8)31-13-11-27(63-2)21-29(31)39(51)55/h10-13,20-23,34-37H,9,14-19,24-25H2,1-8H3/t34-,35-,36?,37?/m0/s1. The highest BCUT2D eigenvalue weighted by molar-refractivity contribution is 7.88. The predicted octanol–water partition coefficient (Wildman–Crippen LogP) is 5.95. The van der Waals surface area contributed by atoms with Crippen LogP contribution in [0, 0.1) is 0 Å². The molecule has 0 saturated carbocycles. The van der Waals surface area contributed by atoms with Crippen LogP contribution in [-0.2, 0) is 57.1 Å². The maximum atomic E-state index is 14.6. The Morgan fingerprint density at radius 3 is 1.23 bits per heavy atom. The average molecular weight is 1120 g/mol. The number of carbonyl (C=O) groups is 4. The first-order valence-corrected chi connectivity index (χ1v) is 32.5. The number of fused-ring (bicyclic) bond motifs is 4. The number of anilines is 2. The number of ether oxygens (including phenoxy) is 6. The summed E-state index contributed by atoms with van der Waals surface area (Å²) in [7, 11) is -13.7. The maximum absolute atomic E-state index is 14.6. The van der Waals surface area contributed by atoms with Crippen molar-refractivity contribution in [2.24, 2.45) is 0 Å². The van der Waals surface area contributed by atoms with Crippen molar-refractivity contribution in [2.75, 3.05) is 63.9 Å². The van der Waals surface area contributed by atoms with Crippen molar-refractivity contribution < 1.29 is 99.1 Å². The Bertz CT molecular complexity index is 2570. The van der Waals surface area contributed by atoms with E-state index in [1.807, 2.05) is 0 Å². The van der Waals surface area contributed by atoms with Crippen molar-refractivity contribution in [1.82, 2.24) is 9.80 Å². The van der Waals surface area contributed by atoms with Crippen LogP contribution in [0.2, 0.25) is 51.4 Å². The summed E-state index contributed by atoms with van der Waals surface area (Å²) in [6.07, 6.45) is -3.52. The van der Waals surface area contributed by atoms with E-state index < -0.39 is 140 Å². The Balaban J connectivity index is 1.31. The number of rotatable bonds is 22. The van der Waals surface area contributed by atoms with Crippen molar-refractivity contribution in [3.63, 3.8) is 0 Å². The molecule has 0 radical (unpaired) electrons. The van der Waals surface area contributed by atoms with Gasteiger partial charge < -0.3 is 36.8 Å². The maximum Gasteiger partial charge on any atom is 0.534 e. The lowest BCUT2D eigenvalue weighted by atomic mass is 10.1. The van der Waals surface area contributed by atoms with Crippen LogP contribution in [-0.4, -0.2) is 156 Å². The molecule has 0 spiro atoms. The predicted molar refractivity (Wildman–Crippen MR) is 251 cm³/mol. The molecule has 30 heteroatoms. The fraction of sp³-hybridized carbons (Fsp3) is 0.535. The lowest BCUT2D eigenvalue weighted by molar-refractivity contribution is -0.127. The Kier molecular flexibility index (Phi) is 16.8. The smallest absolute Gasteiger partial charge is 0.497 e. The first kappa shape index (κ1) is 57.0. The fourth-order valence-electron chi connectivity index (χ4n) is 7.63. The second kappa shape index (κ2) is 21.5. The largest absolute Gasteiger partial charge is 0.534 e.